The summed E-state index contributed by atoms with van der Waals surface area (Å²) >= 11 is 0. The number of carbonyl (C=O) groups is 1. The van der Waals surface area contributed by atoms with Gasteiger partial charge in [0.1, 0.15) is 6.29 Å². The Hall–Kier alpha value is -1.11. The summed E-state index contributed by atoms with van der Waals surface area (Å²) in [4.78, 5) is 10.2. The fraction of sp³-hybridized carbons (Fsp3) is 0.417. The fourth-order valence-electron chi connectivity index (χ4n) is 1.07. The lowest BCUT2D eigenvalue weighted by atomic mass is 10.0. The molecule has 0 heterocycles. The van der Waals surface area contributed by atoms with Crippen LogP contribution in [-0.2, 0) is 4.79 Å². The molecule has 72 valence electrons. The van der Waals surface area contributed by atoms with Gasteiger partial charge in [0.15, 0.2) is 0 Å². The van der Waals surface area contributed by atoms with E-state index in [1.165, 1.54) is 5.57 Å². The monoisotopic (exact) mass is 178 g/mol. The zero-order chi connectivity index (χ0) is 10.1. The maximum Gasteiger partial charge on any atom is 0.120 e. The Morgan fingerprint density at radius 1 is 1.46 bits per heavy atom. The van der Waals surface area contributed by atoms with Crippen LogP contribution >= 0.6 is 0 Å². The third-order valence-corrected chi connectivity index (χ3v) is 1.54. The van der Waals surface area contributed by atoms with E-state index in [9.17, 15) is 4.79 Å². The maximum atomic E-state index is 10.2. The van der Waals surface area contributed by atoms with E-state index in [2.05, 4.69) is 26.5 Å². The van der Waals surface area contributed by atoms with Crippen molar-refractivity contribution in [3.8, 4) is 0 Å². The van der Waals surface area contributed by atoms with Crippen molar-refractivity contribution in [2.45, 2.75) is 26.7 Å². The molecule has 0 aliphatic carbocycles. The van der Waals surface area contributed by atoms with Crippen molar-refractivity contribution in [2.75, 3.05) is 0 Å². The summed E-state index contributed by atoms with van der Waals surface area (Å²) in [6, 6.07) is 0. The maximum absolute atomic E-state index is 10.2. The highest BCUT2D eigenvalue weighted by Gasteiger charge is 1.94. The minimum Gasteiger partial charge on any atom is -0.303 e. The number of carbonyl (C=O) groups excluding carboxylic acids is 1. The molecule has 0 rings (SSSR count). The lowest BCUT2D eigenvalue weighted by Gasteiger charge is -2.01. The first kappa shape index (κ1) is 11.9. The topological polar surface area (TPSA) is 17.1 Å². The van der Waals surface area contributed by atoms with Crippen LogP contribution < -0.4 is 0 Å². The van der Waals surface area contributed by atoms with Gasteiger partial charge in [-0.1, -0.05) is 50.3 Å². The lowest BCUT2D eigenvalue weighted by molar-refractivity contribution is -0.107. The van der Waals surface area contributed by atoms with Crippen LogP contribution in [0.5, 0.6) is 0 Å². The highest BCUT2D eigenvalue weighted by atomic mass is 16.1. The molecule has 0 fully saturated rings. The average molecular weight is 178 g/mol. The van der Waals surface area contributed by atoms with Crippen molar-refractivity contribution in [3.63, 3.8) is 0 Å². The van der Waals surface area contributed by atoms with Crippen molar-refractivity contribution < 1.29 is 4.79 Å². The highest BCUT2D eigenvalue weighted by Crippen LogP contribution is 2.10. The normalized spacial score (nSPS) is 12.4. The van der Waals surface area contributed by atoms with Crippen LogP contribution in [0.15, 0.2) is 36.5 Å². The SMILES string of the molecule is C=C/C=C\C(=C/C(C)C)CCC=O. The Kier molecular flexibility index (Phi) is 6.89. The molecule has 0 aromatic rings. The Morgan fingerprint density at radius 3 is 2.62 bits per heavy atom. The van der Waals surface area contributed by atoms with E-state index in [1.807, 2.05) is 12.2 Å². The van der Waals surface area contributed by atoms with Gasteiger partial charge in [-0.15, -0.1) is 0 Å². The number of rotatable bonds is 6. The summed E-state index contributed by atoms with van der Waals surface area (Å²) in [5.41, 5.74) is 1.21. The molecule has 0 aliphatic rings. The first-order chi connectivity index (χ1) is 6.20. The first-order valence-electron chi connectivity index (χ1n) is 4.64. The highest BCUT2D eigenvalue weighted by molar-refractivity contribution is 5.50. The average Bonchev–Trinajstić information content (AvgIpc) is 2.09. The molecule has 0 aliphatic heterocycles. The van der Waals surface area contributed by atoms with Crippen molar-refractivity contribution >= 4 is 6.29 Å². The van der Waals surface area contributed by atoms with Crippen LogP contribution in [0.4, 0.5) is 0 Å². The van der Waals surface area contributed by atoms with Crippen LogP contribution in [-0.4, -0.2) is 6.29 Å². The van der Waals surface area contributed by atoms with Crippen LogP contribution in [0.3, 0.4) is 0 Å². The molecule has 0 amide bonds. The summed E-state index contributed by atoms with van der Waals surface area (Å²) in [5.74, 6) is 0.524. The molecule has 13 heavy (non-hydrogen) atoms. The van der Waals surface area contributed by atoms with E-state index in [0.717, 1.165) is 12.7 Å². The zero-order valence-corrected chi connectivity index (χ0v) is 8.49. The van der Waals surface area contributed by atoms with Gasteiger partial charge >= 0.3 is 0 Å². The second-order valence-electron chi connectivity index (χ2n) is 3.29. The Morgan fingerprint density at radius 2 is 2.15 bits per heavy atom. The summed E-state index contributed by atoms with van der Waals surface area (Å²) in [5, 5.41) is 0. The molecular formula is C12H18O. The molecular weight excluding hydrogens is 160 g/mol. The number of hydrogen-bond acceptors (Lipinski definition) is 1. The van der Waals surface area contributed by atoms with E-state index in [0.29, 0.717) is 12.3 Å². The molecule has 0 atom stereocenters. The van der Waals surface area contributed by atoms with Gasteiger partial charge in [0.05, 0.1) is 0 Å². The molecule has 0 aromatic carbocycles. The molecule has 1 nitrogen and oxygen atoms in total. The summed E-state index contributed by atoms with van der Waals surface area (Å²) in [6.07, 6.45) is 10.2. The van der Waals surface area contributed by atoms with Crippen molar-refractivity contribution in [3.05, 3.63) is 36.5 Å². The van der Waals surface area contributed by atoms with E-state index < -0.39 is 0 Å². The van der Waals surface area contributed by atoms with Gasteiger partial charge in [-0.2, -0.15) is 0 Å². The second-order valence-corrected chi connectivity index (χ2v) is 3.29. The summed E-state index contributed by atoms with van der Waals surface area (Å²) < 4.78 is 0. The molecule has 0 unspecified atom stereocenters. The second kappa shape index (κ2) is 7.53. The minimum atomic E-state index is 0.524. The molecule has 0 aromatic heterocycles. The van der Waals surface area contributed by atoms with Crippen LogP contribution in [0.1, 0.15) is 26.7 Å². The van der Waals surface area contributed by atoms with Gasteiger partial charge in [-0.05, 0) is 12.3 Å². The van der Waals surface area contributed by atoms with Gasteiger partial charge < -0.3 is 4.79 Å². The van der Waals surface area contributed by atoms with Gasteiger partial charge in [-0.3, -0.25) is 0 Å². The quantitative estimate of drug-likeness (QED) is 0.450. The van der Waals surface area contributed by atoms with Crippen molar-refractivity contribution in [1.82, 2.24) is 0 Å². The number of hydrogen-bond donors (Lipinski definition) is 0. The molecule has 0 saturated heterocycles. The zero-order valence-electron chi connectivity index (χ0n) is 8.49. The number of allylic oxidation sites excluding steroid dienone is 5. The minimum absolute atomic E-state index is 0.524. The van der Waals surface area contributed by atoms with Crippen LogP contribution in [0.2, 0.25) is 0 Å². The van der Waals surface area contributed by atoms with E-state index in [4.69, 9.17) is 0 Å². The molecule has 0 spiro atoms. The Balaban J connectivity index is 4.25. The molecule has 0 saturated carbocycles. The fourth-order valence-corrected chi connectivity index (χ4v) is 1.07. The van der Waals surface area contributed by atoms with Gasteiger partial charge in [0, 0.05) is 6.42 Å². The van der Waals surface area contributed by atoms with Gasteiger partial charge in [-0.25, -0.2) is 0 Å². The smallest absolute Gasteiger partial charge is 0.120 e. The molecule has 0 N–H and O–H groups in total. The molecule has 0 radical (unpaired) electrons. The lowest BCUT2D eigenvalue weighted by Crippen LogP contribution is -1.86. The Labute approximate surface area is 80.8 Å². The summed E-state index contributed by atoms with van der Waals surface area (Å²) in [6.45, 7) is 7.86. The van der Waals surface area contributed by atoms with Crippen LogP contribution in [0.25, 0.3) is 0 Å². The first-order valence-corrected chi connectivity index (χ1v) is 4.64. The predicted molar refractivity (Wildman–Crippen MR) is 57.6 cm³/mol. The third kappa shape index (κ3) is 7.26. The predicted octanol–water partition coefficient (Wildman–Crippen LogP) is 3.29. The van der Waals surface area contributed by atoms with Gasteiger partial charge in [0.25, 0.3) is 0 Å². The number of aldehydes is 1. The van der Waals surface area contributed by atoms with Crippen molar-refractivity contribution in [1.29, 1.82) is 0 Å². The van der Waals surface area contributed by atoms with E-state index in [-0.39, 0.29) is 0 Å². The van der Waals surface area contributed by atoms with Crippen LogP contribution in [0, 0.1) is 5.92 Å². The van der Waals surface area contributed by atoms with E-state index in [1.54, 1.807) is 6.08 Å². The van der Waals surface area contributed by atoms with E-state index >= 15 is 0 Å². The van der Waals surface area contributed by atoms with Crippen molar-refractivity contribution in [2.24, 2.45) is 5.92 Å². The van der Waals surface area contributed by atoms with Gasteiger partial charge in [0.2, 0.25) is 0 Å². The standard InChI is InChI=1S/C12H18O/c1-4-5-7-12(8-6-9-13)10-11(2)3/h4-5,7,9-11H,1,6,8H2,2-3H3/b7-5-,12-10+. The summed E-state index contributed by atoms with van der Waals surface area (Å²) in [7, 11) is 0. The third-order valence-electron chi connectivity index (χ3n) is 1.54. The Bertz CT molecular complexity index is 209. The largest absolute Gasteiger partial charge is 0.303 e. The molecule has 0 bridgehead atoms. The molecule has 1 heteroatoms.